The van der Waals surface area contributed by atoms with Crippen molar-refractivity contribution in [3.63, 3.8) is 0 Å². The summed E-state index contributed by atoms with van der Waals surface area (Å²) in [5.41, 5.74) is 7.92. The molecule has 0 spiro atoms. The topological polar surface area (TPSA) is 29.3 Å². The number of nitrogens with two attached hydrogens (primary N) is 1. The first kappa shape index (κ1) is 15.4. The Morgan fingerprint density at radius 2 is 1.71 bits per heavy atom. The van der Waals surface area contributed by atoms with E-state index in [0.29, 0.717) is 12.1 Å². The van der Waals surface area contributed by atoms with Crippen molar-refractivity contribution >= 4 is 22.9 Å². The van der Waals surface area contributed by atoms with Crippen LogP contribution in [0.2, 0.25) is 0 Å². The van der Waals surface area contributed by atoms with Crippen LogP contribution in [0.15, 0.2) is 42.5 Å². The Bertz CT molecular complexity index is 641. The maximum Gasteiger partial charge on any atom is 0.123 e. The molecule has 2 N–H and O–H groups in total. The molecule has 0 radical (unpaired) electrons. The van der Waals surface area contributed by atoms with E-state index in [9.17, 15) is 8.78 Å². The van der Waals surface area contributed by atoms with Gasteiger partial charge in [-0.15, -0.1) is 0 Å². The van der Waals surface area contributed by atoms with Gasteiger partial charge in [-0.25, -0.2) is 8.78 Å². The molecule has 21 heavy (non-hydrogen) atoms. The molecule has 0 aromatic heterocycles. The van der Waals surface area contributed by atoms with Crippen molar-refractivity contribution in [2.75, 3.05) is 11.4 Å². The average Bonchev–Trinajstić information content (AvgIpc) is 2.47. The lowest BCUT2D eigenvalue weighted by molar-refractivity contribution is 0.625. The average molecular weight is 306 g/mol. The van der Waals surface area contributed by atoms with E-state index in [1.807, 2.05) is 11.8 Å². The van der Waals surface area contributed by atoms with Crippen molar-refractivity contribution in [1.82, 2.24) is 0 Å². The zero-order chi connectivity index (χ0) is 15.4. The van der Waals surface area contributed by atoms with Crippen LogP contribution in [0.5, 0.6) is 0 Å². The third-order valence-corrected chi connectivity index (χ3v) is 3.49. The molecule has 0 aliphatic rings. The molecule has 0 fully saturated rings. The van der Waals surface area contributed by atoms with E-state index >= 15 is 0 Å². The summed E-state index contributed by atoms with van der Waals surface area (Å²) in [5, 5.41) is 0. The van der Waals surface area contributed by atoms with Gasteiger partial charge in [-0.05, 0) is 48.9 Å². The summed E-state index contributed by atoms with van der Waals surface area (Å²) in [6, 6.07) is 10.7. The first-order valence-corrected chi connectivity index (χ1v) is 7.01. The zero-order valence-corrected chi connectivity index (χ0v) is 12.5. The number of benzene rings is 2. The molecule has 5 heteroatoms. The molecule has 0 heterocycles. The van der Waals surface area contributed by atoms with Gasteiger partial charge in [-0.1, -0.05) is 18.3 Å². The zero-order valence-electron chi connectivity index (χ0n) is 11.6. The Hall–Kier alpha value is -2.01. The highest BCUT2D eigenvalue weighted by Crippen LogP contribution is 2.20. The van der Waals surface area contributed by atoms with E-state index in [4.69, 9.17) is 18.0 Å². The molecule has 2 aromatic rings. The van der Waals surface area contributed by atoms with Crippen molar-refractivity contribution in [3.8, 4) is 0 Å². The molecule has 110 valence electrons. The summed E-state index contributed by atoms with van der Waals surface area (Å²) in [5.74, 6) is -0.646. The van der Waals surface area contributed by atoms with Crippen LogP contribution >= 0.6 is 12.2 Å². The second-order valence-corrected chi connectivity index (χ2v) is 5.10. The van der Waals surface area contributed by atoms with E-state index < -0.39 is 0 Å². The highest BCUT2D eigenvalue weighted by Gasteiger charge is 2.11. The molecular weight excluding hydrogens is 290 g/mol. The lowest BCUT2D eigenvalue weighted by Crippen LogP contribution is -2.24. The summed E-state index contributed by atoms with van der Waals surface area (Å²) in [4.78, 5) is 2.20. The summed E-state index contributed by atoms with van der Waals surface area (Å²) in [6.07, 6.45) is 0. The predicted molar refractivity (Wildman–Crippen MR) is 85.4 cm³/mol. The van der Waals surface area contributed by atoms with Gasteiger partial charge in [0.1, 0.15) is 16.6 Å². The monoisotopic (exact) mass is 306 g/mol. The summed E-state index contributed by atoms with van der Waals surface area (Å²) >= 11 is 4.98. The lowest BCUT2D eigenvalue weighted by atomic mass is 10.1. The van der Waals surface area contributed by atoms with E-state index in [1.54, 1.807) is 18.2 Å². The summed E-state index contributed by atoms with van der Waals surface area (Å²) in [6.45, 7) is 3.24. The standard InChI is InChI=1S/C16H16F2N2S/c1-2-20(14-7-5-12(17)6-8-14)10-11-3-4-13(18)9-15(11)16(19)21/h3-9H,2,10H2,1H3,(H2,19,21). The van der Waals surface area contributed by atoms with Crippen molar-refractivity contribution < 1.29 is 8.78 Å². The second kappa shape index (κ2) is 6.63. The second-order valence-electron chi connectivity index (χ2n) is 4.66. The van der Waals surface area contributed by atoms with Gasteiger partial charge in [0.05, 0.1) is 0 Å². The third kappa shape index (κ3) is 3.76. The van der Waals surface area contributed by atoms with Gasteiger partial charge >= 0.3 is 0 Å². The number of thiocarbonyl (C=S) groups is 1. The van der Waals surface area contributed by atoms with Crippen LogP contribution in [0.1, 0.15) is 18.1 Å². The maximum atomic E-state index is 13.3. The van der Waals surface area contributed by atoms with E-state index in [1.165, 1.54) is 24.3 Å². The molecule has 2 nitrogen and oxygen atoms in total. The van der Waals surface area contributed by atoms with E-state index in [-0.39, 0.29) is 16.6 Å². The molecule has 0 atom stereocenters. The van der Waals surface area contributed by atoms with Crippen molar-refractivity contribution in [2.24, 2.45) is 5.73 Å². The van der Waals surface area contributed by atoms with Crippen LogP contribution in [-0.4, -0.2) is 11.5 Å². The SMILES string of the molecule is CCN(Cc1ccc(F)cc1C(N)=S)c1ccc(F)cc1. The van der Waals surface area contributed by atoms with Crippen molar-refractivity contribution in [1.29, 1.82) is 0 Å². The number of hydrogen-bond donors (Lipinski definition) is 1. The van der Waals surface area contributed by atoms with Gasteiger partial charge in [0.2, 0.25) is 0 Å². The Kier molecular flexibility index (Phi) is 4.85. The van der Waals surface area contributed by atoms with Crippen LogP contribution in [-0.2, 0) is 6.54 Å². The molecule has 2 aromatic carbocycles. The minimum absolute atomic E-state index is 0.166. The first-order chi connectivity index (χ1) is 10.0. The predicted octanol–water partition coefficient (Wildman–Crippen LogP) is 3.63. The Balaban J connectivity index is 2.30. The van der Waals surface area contributed by atoms with Crippen molar-refractivity contribution in [3.05, 3.63) is 65.2 Å². The Labute approximate surface area is 128 Å². The lowest BCUT2D eigenvalue weighted by Gasteiger charge is -2.24. The van der Waals surface area contributed by atoms with E-state index in [2.05, 4.69) is 0 Å². The van der Waals surface area contributed by atoms with Gasteiger partial charge < -0.3 is 10.6 Å². The maximum absolute atomic E-state index is 13.3. The molecule has 0 aliphatic carbocycles. The van der Waals surface area contributed by atoms with Crippen molar-refractivity contribution in [2.45, 2.75) is 13.5 Å². The van der Waals surface area contributed by atoms with Crippen LogP contribution in [0.25, 0.3) is 0 Å². The number of halogens is 2. The largest absolute Gasteiger partial charge is 0.389 e. The molecule has 0 unspecified atom stereocenters. The quantitative estimate of drug-likeness (QED) is 0.855. The minimum Gasteiger partial charge on any atom is -0.389 e. The molecular formula is C16H16F2N2S. The smallest absolute Gasteiger partial charge is 0.123 e. The number of nitrogens with zero attached hydrogens (tertiary/aromatic N) is 1. The van der Waals surface area contributed by atoms with Gasteiger partial charge in [0.15, 0.2) is 0 Å². The first-order valence-electron chi connectivity index (χ1n) is 6.60. The third-order valence-electron chi connectivity index (χ3n) is 3.27. The van der Waals surface area contributed by atoms with Gasteiger partial charge in [0.25, 0.3) is 0 Å². The summed E-state index contributed by atoms with van der Waals surface area (Å²) < 4.78 is 26.3. The van der Waals surface area contributed by atoms with Gasteiger partial charge in [-0.3, -0.25) is 0 Å². The molecule has 0 aliphatic heterocycles. The van der Waals surface area contributed by atoms with Crippen LogP contribution in [0.4, 0.5) is 14.5 Å². The summed E-state index contributed by atoms with van der Waals surface area (Å²) in [7, 11) is 0. The molecule has 0 saturated carbocycles. The van der Waals surface area contributed by atoms with Gasteiger partial charge in [-0.2, -0.15) is 0 Å². The fraction of sp³-hybridized carbons (Fsp3) is 0.188. The van der Waals surface area contributed by atoms with E-state index in [0.717, 1.165) is 17.8 Å². The molecule has 0 bridgehead atoms. The highest BCUT2D eigenvalue weighted by atomic mass is 32.1. The van der Waals surface area contributed by atoms with Crippen LogP contribution in [0.3, 0.4) is 0 Å². The normalized spacial score (nSPS) is 10.4. The number of anilines is 1. The highest BCUT2D eigenvalue weighted by molar-refractivity contribution is 7.80. The minimum atomic E-state index is -0.369. The van der Waals surface area contributed by atoms with Gasteiger partial charge in [0, 0.05) is 24.3 Å². The van der Waals surface area contributed by atoms with Crippen LogP contribution in [0, 0.1) is 11.6 Å². The Morgan fingerprint density at radius 3 is 2.29 bits per heavy atom. The Morgan fingerprint density at radius 1 is 1.10 bits per heavy atom. The molecule has 0 saturated heterocycles. The number of rotatable bonds is 5. The fourth-order valence-electron chi connectivity index (χ4n) is 2.16. The molecule has 2 rings (SSSR count). The fourth-order valence-corrected chi connectivity index (χ4v) is 2.35. The molecule has 0 amide bonds. The van der Waals surface area contributed by atoms with Crippen LogP contribution < -0.4 is 10.6 Å². The number of hydrogen-bond acceptors (Lipinski definition) is 2.